The SMILES string of the molecule is O=C(Oc1ccc([SH](c2ccccc2)c2ccccc2)cc1)C(F)(F)F. The number of alkyl halides is 3. The van der Waals surface area contributed by atoms with E-state index in [4.69, 9.17) is 0 Å². The molecule has 2 nitrogen and oxygen atoms in total. The maximum atomic E-state index is 12.3. The van der Waals surface area contributed by atoms with Crippen LogP contribution in [0.15, 0.2) is 99.6 Å². The number of halogens is 3. The Hall–Kier alpha value is -2.73. The van der Waals surface area contributed by atoms with Crippen molar-refractivity contribution in [1.29, 1.82) is 0 Å². The van der Waals surface area contributed by atoms with Crippen molar-refractivity contribution in [3.8, 4) is 5.75 Å². The number of benzene rings is 3. The van der Waals surface area contributed by atoms with Gasteiger partial charge in [-0.1, -0.05) is 36.4 Å². The molecule has 0 aliphatic rings. The maximum absolute atomic E-state index is 12.3. The average Bonchev–Trinajstić information content (AvgIpc) is 2.64. The van der Waals surface area contributed by atoms with Crippen molar-refractivity contribution in [2.45, 2.75) is 20.9 Å². The summed E-state index contributed by atoms with van der Waals surface area (Å²) in [6.07, 6.45) is -5.01. The summed E-state index contributed by atoms with van der Waals surface area (Å²) in [5, 5.41) is 0. The van der Waals surface area contributed by atoms with Gasteiger partial charge < -0.3 is 4.74 Å². The zero-order valence-electron chi connectivity index (χ0n) is 13.5. The molecule has 6 heteroatoms. The normalized spacial score (nSPS) is 11.7. The van der Waals surface area contributed by atoms with Gasteiger partial charge in [0.15, 0.2) is 0 Å². The minimum atomic E-state index is -5.01. The van der Waals surface area contributed by atoms with Gasteiger partial charge >= 0.3 is 12.1 Å². The lowest BCUT2D eigenvalue weighted by molar-refractivity contribution is -0.189. The molecule has 0 saturated carbocycles. The number of hydrogen-bond donors (Lipinski definition) is 1. The summed E-state index contributed by atoms with van der Waals surface area (Å²) in [5.74, 6) is -2.36. The van der Waals surface area contributed by atoms with E-state index in [1.165, 1.54) is 12.1 Å². The van der Waals surface area contributed by atoms with Crippen LogP contribution < -0.4 is 4.74 Å². The molecule has 0 N–H and O–H groups in total. The molecule has 0 aliphatic carbocycles. The number of carbonyl (C=O) groups excluding carboxylic acids is 1. The zero-order valence-corrected chi connectivity index (χ0v) is 14.4. The van der Waals surface area contributed by atoms with Gasteiger partial charge in [0.25, 0.3) is 0 Å². The second-order valence-electron chi connectivity index (χ2n) is 5.39. The van der Waals surface area contributed by atoms with Crippen LogP contribution in [0, 0.1) is 0 Å². The van der Waals surface area contributed by atoms with Gasteiger partial charge in [0.1, 0.15) is 5.75 Å². The molecule has 3 rings (SSSR count). The van der Waals surface area contributed by atoms with Gasteiger partial charge in [-0.05, 0) is 63.2 Å². The molecule has 0 aromatic heterocycles. The Morgan fingerprint density at radius 3 is 1.54 bits per heavy atom. The highest BCUT2D eigenvalue weighted by molar-refractivity contribution is 8.17. The first-order valence-electron chi connectivity index (χ1n) is 7.74. The minimum absolute atomic E-state index is 0.132. The molecule has 0 aliphatic heterocycles. The average molecular weight is 376 g/mol. The Labute approximate surface area is 151 Å². The topological polar surface area (TPSA) is 26.3 Å². The van der Waals surface area contributed by atoms with Crippen molar-refractivity contribution in [2.75, 3.05) is 0 Å². The number of thiol groups is 1. The summed E-state index contributed by atoms with van der Waals surface area (Å²) in [5.41, 5.74) is 0. The fraction of sp³-hybridized carbons (Fsp3) is 0.0500. The summed E-state index contributed by atoms with van der Waals surface area (Å²) in [7, 11) is -0.864. The molecule has 0 spiro atoms. The fourth-order valence-electron chi connectivity index (χ4n) is 2.43. The fourth-order valence-corrected chi connectivity index (χ4v) is 4.71. The first-order valence-corrected chi connectivity index (χ1v) is 9.08. The lowest BCUT2D eigenvalue weighted by Gasteiger charge is -2.23. The second-order valence-corrected chi connectivity index (χ2v) is 7.61. The minimum Gasteiger partial charge on any atom is -0.420 e. The molecule has 3 aromatic carbocycles. The smallest absolute Gasteiger partial charge is 0.420 e. The zero-order chi connectivity index (χ0) is 18.6. The number of ether oxygens (including phenoxy) is 1. The van der Waals surface area contributed by atoms with Crippen LogP contribution >= 0.6 is 10.9 Å². The van der Waals surface area contributed by atoms with Gasteiger partial charge in [-0.25, -0.2) is 4.79 Å². The first kappa shape index (κ1) is 18.1. The standard InChI is InChI=1S/C20H15F3O2S/c21-20(22,23)19(24)25-15-11-13-18(14-12-15)26(16-7-3-1-4-8-16)17-9-5-2-6-10-17/h1-14,26H. The molecule has 0 radical (unpaired) electrons. The van der Waals surface area contributed by atoms with Crippen molar-refractivity contribution < 1.29 is 22.7 Å². The van der Waals surface area contributed by atoms with Crippen LogP contribution in [0.3, 0.4) is 0 Å². The van der Waals surface area contributed by atoms with E-state index in [1.807, 2.05) is 60.7 Å². The summed E-state index contributed by atoms with van der Waals surface area (Å²) < 4.78 is 41.3. The Morgan fingerprint density at radius 2 is 1.12 bits per heavy atom. The summed E-state index contributed by atoms with van der Waals surface area (Å²) in [6, 6.07) is 25.9. The van der Waals surface area contributed by atoms with Crippen LogP contribution in [0.1, 0.15) is 0 Å². The van der Waals surface area contributed by atoms with Crippen molar-refractivity contribution in [2.24, 2.45) is 0 Å². The van der Waals surface area contributed by atoms with E-state index in [2.05, 4.69) is 4.74 Å². The first-order chi connectivity index (χ1) is 12.4. The van der Waals surface area contributed by atoms with Gasteiger partial charge in [-0.2, -0.15) is 24.1 Å². The van der Waals surface area contributed by atoms with E-state index in [0.717, 1.165) is 14.7 Å². The van der Waals surface area contributed by atoms with Crippen molar-refractivity contribution in [3.05, 3.63) is 84.9 Å². The highest BCUT2D eigenvalue weighted by Crippen LogP contribution is 2.51. The summed E-state index contributed by atoms with van der Waals surface area (Å²) in [4.78, 5) is 14.1. The predicted octanol–water partition coefficient (Wildman–Crippen LogP) is 5.63. The molecule has 134 valence electrons. The molecule has 0 amide bonds. The molecular weight excluding hydrogens is 361 g/mol. The van der Waals surface area contributed by atoms with E-state index in [0.29, 0.717) is 0 Å². The summed E-state index contributed by atoms with van der Waals surface area (Å²) >= 11 is 0. The number of hydrogen-bond acceptors (Lipinski definition) is 2. The molecule has 0 heterocycles. The summed E-state index contributed by atoms with van der Waals surface area (Å²) in [6.45, 7) is 0. The number of esters is 1. The van der Waals surface area contributed by atoms with Crippen LogP contribution in [-0.4, -0.2) is 12.1 Å². The number of rotatable bonds is 4. The molecule has 3 aromatic rings. The van der Waals surface area contributed by atoms with Crippen molar-refractivity contribution in [1.82, 2.24) is 0 Å². The quantitative estimate of drug-likeness (QED) is 0.363. The van der Waals surface area contributed by atoms with E-state index < -0.39 is 23.0 Å². The largest absolute Gasteiger partial charge is 0.491 e. The highest BCUT2D eigenvalue weighted by atomic mass is 32.2. The highest BCUT2D eigenvalue weighted by Gasteiger charge is 2.41. The third-order valence-corrected chi connectivity index (χ3v) is 6.01. The van der Waals surface area contributed by atoms with Crippen LogP contribution in [0.25, 0.3) is 0 Å². The van der Waals surface area contributed by atoms with Gasteiger partial charge in [-0.3, -0.25) is 0 Å². The molecule has 0 unspecified atom stereocenters. The molecule has 0 atom stereocenters. The molecule has 0 bridgehead atoms. The van der Waals surface area contributed by atoms with Crippen LogP contribution in [0.2, 0.25) is 0 Å². The Balaban J connectivity index is 1.92. The maximum Gasteiger partial charge on any atom is 0.491 e. The third kappa shape index (κ3) is 4.26. The van der Waals surface area contributed by atoms with E-state index in [-0.39, 0.29) is 5.75 Å². The predicted molar refractivity (Wildman–Crippen MR) is 94.8 cm³/mol. The van der Waals surface area contributed by atoms with Crippen molar-refractivity contribution >= 4 is 16.9 Å². The van der Waals surface area contributed by atoms with E-state index in [9.17, 15) is 18.0 Å². The molecule has 0 fully saturated rings. The Bertz CT molecular complexity index is 824. The van der Waals surface area contributed by atoms with Gasteiger partial charge in [0.2, 0.25) is 0 Å². The lowest BCUT2D eigenvalue weighted by atomic mass is 10.3. The Kier molecular flexibility index (Phi) is 5.32. The third-order valence-electron chi connectivity index (χ3n) is 3.57. The number of carbonyl (C=O) groups is 1. The van der Waals surface area contributed by atoms with Crippen molar-refractivity contribution in [3.63, 3.8) is 0 Å². The Morgan fingerprint density at radius 1 is 0.692 bits per heavy atom. The van der Waals surface area contributed by atoms with Gasteiger partial charge in [-0.15, -0.1) is 0 Å². The molecule has 26 heavy (non-hydrogen) atoms. The van der Waals surface area contributed by atoms with Gasteiger partial charge in [0.05, 0.1) is 0 Å². The van der Waals surface area contributed by atoms with E-state index >= 15 is 0 Å². The van der Waals surface area contributed by atoms with Crippen LogP contribution in [0.4, 0.5) is 13.2 Å². The van der Waals surface area contributed by atoms with Crippen LogP contribution in [-0.2, 0) is 4.79 Å². The second kappa shape index (κ2) is 7.66. The van der Waals surface area contributed by atoms with E-state index in [1.54, 1.807) is 12.1 Å². The lowest BCUT2D eigenvalue weighted by Crippen LogP contribution is -2.27. The van der Waals surface area contributed by atoms with Gasteiger partial charge in [0, 0.05) is 0 Å². The van der Waals surface area contributed by atoms with Crippen LogP contribution in [0.5, 0.6) is 5.75 Å². The monoisotopic (exact) mass is 376 g/mol. The molecule has 0 saturated heterocycles. The molecular formula is C20H15F3O2S.